The van der Waals surface area contributed by atoms with E-state index in [0.29, 0.717) is 11.3 Å². The summed E-state index contributed by atoms with van der Waals surface area (Å²) < 4.78 is 0. The molecule has 1 aliphatic rings. The summed E-state index contributed by atoms with van der Waals surface area (Å²) in [5.74, 6) is -0.949. The molecule has 0 saturated carbocycles. The lowest BCUT2D eigenvalue weighted by Gasteiger charge is -2.21. The first kappa shape index (κ1) is 13.9. The third-order valence-electron chi connectivity index (χ3n) is 4.75. The molecule has 0 radical (unpaired) electrons. The minimum Gasteiger partial charge on any atom is -0.283 e. The van der Waals surface area contributed by atoms with Gasteiger partial charge in [-0.05, 0) is 29.0 Å². The van der Waals surface area contributed by atoms with Crippen molar-refractivity contribution in [2.45, 2.75) is 0 Å². The first-order chi connectivity index (χ1) is 12.3. The maximum Gasteiger partial charge on any atom is 0.304 e. The predicted molar refractivity (Wildman–Crippen MR) is 99.4 cm³/mol. The molecule has 3 heteroatoms. The fraction of sp³-hybridized carbons (Fsp3) is 0. The summed E-state index contributed by atoms with van der Waals surface area (Å²) in [6.07, 6.45) is 0. The number of hydrogen-bond donors (Lipinski definition) is 0. The number of ketones is 1. The van der Waals surface area contributed by atoms with Crippen LogP contribution < -0.4 is 4.90 Å². The molecule has 0 aromatic heterocycles. The number of Topliss-reactive ketones (excluding diaryl/α,β-unsaturated/α-hetero) is 1. The van der Waals surface area contributed by atoms with Crippen LogP contribution in [0.15, 0.2) is 78.9 Å². The van der Waals surface area contributed by atoms with Crippen LogP contribution in [0.5, 0.6) is 0 Å². The Kier molecular flexibility index (Phi) is 2.80. The third kappa shape index (κ3) is 1.86. The van der Waals surface area contributed by atoms with Gasteiger partial charge in [-0.1, -0.05) is 60.7 Å². The molecule has 0 fully saturated rings. The molecule has 25 heavy (non-hydrogen) atoms. The summed E-state index contributed by atoms with van der Waals surface area (Å²) >= 11 is 0. The van der Waals surface area contributed by atoms with Crippen LogP contribution in [0.2, 0.25) is 0 Å². The molecule has 0 unspecified atom stereocenters. The number of carbonyl (C=O) groups excluding carboxylic acids is 2. The Morgan fingerprint density at radius 3 is 1.88 bits per heavy atom. The standard InChI is InChI=1S/C22H13NO2/c24-21-18-11-5-6-12-19(18)23(22(21)25)20-16-9-3-1-7-14(16)13-15-8-2-4-10-17(15)20/h1-13H. The van der Waals surface area contributed by atoms with Crippen LogP contribution in [0.4, 0.5) is 11.4 Å². The maximum atomic E-state index is 12.8. The number of carbonyl (C=O) groups is 2. The Hall–Kier alpha value is -3.46. The van der Waals surface area contributed by atoms with Crippen LogP contribution in [0.25, 0.3) is 21.5 Å². The zero-order valence-corrected chi connectivity index (χ0v) is 13.3. The van der Waals surface area contributed by atoms with Gasteiger partial charge in [-0.15, -0.1) is 0 Å². The molecule has 1 heterocycles. The highest BCUT2D eigenvalue weighted by Crippen LogP contribution is 2.43. The minimum atomic E-state index is -0.497. The van der Waals surface area contributed by atoms with Crippen LogP contribution in [0, 0.1) is 0 Å². The van der Waals surface area contributed by atoms with Crippen molar-refractivity contribution in [2.75, 3.05) is 4.90 Å². The highest BCUT2D eigenvalue weighted by atomic mass is 16.2. The number of hydrogen-bond acceptors (Lipinski definition) is 2. The first-order valence-corrected chi connectivity index (χ1v) is 8.14. The molecule has 3 nitrogen and oxygen atoms in total. The molecule has 4 aromatic carbocycles. The topological polar surface area (TPSA) is 37.4 Å². The molecule has 5 rings (SSSR count). The number of nitrogens with zero attached hydrogens (tertiary/aromatic N) is 1. The van der Waals surface area contributed by atoms with E-state index in [1.54, 1.807) is 17.0 Å². The number of anilines is 2. The van der Waals surface area contributed by atoms with Crippen molar-refractivity contribution in [1.29, 1.82) is 0 Å². The van der Waals surface area contributed by atoms with E-state index in [-0.39, 0.29) is 0 Å². The van der Waals surface area contributed by atoms with Gasteiger partial charge in [0.1, 0.15) is 0 Å². The molecule has 0 N–H and O–H groups in total. The van der Waals surface area contributed by atoms with Crippen molar-refractivity contribution in [2.24, 2.45) is 0 Å². The average molecular weight is 323 g/mol. The summed E-state index contributed by atoms with van der Waals surface area (Å²) in [5.41, 5.74) is 1.89. The fourth-order valence-electron chi connectivity index (χ4n) is 3.64. The van der Waals surface area contributed by atoms with Crippen molar-refractivity contribution in [3.8, 4) is 0 Å². The quantitative estimate of drug-likeness (QED) is 0.371. The SMILES string of the molecule is O=C1C(=O)N(c2c3ccccc3cc3ccccc23)c2ccccc21. The van der Waals surface area contributed by atoms with Gasteiger partial charge in [0.05, 0.1) is 16.9 Å². The summed E-state index contributed by atoms with van der Waals surface area (Å²) in [4.78, 5) is 26.9. The average Bonchev–Trinajstić information content (AvgIpc) is 2.91. The second-order valence-electron chi connectivity index (χ2n) is 6.15. The van der Waals surface area contributed by atoms with Gasteiger partial charge >= 0.3 is 5.91 Å². The molecule has 0 aliphatic carbocycles. The van der Waals surface area contributed by atoms with Crippen LogP contribution in [-0.4, -0.2) is 11.7 Å². The van der Waals surface area contributed by atoms with E-state index >= 15 is 0 Å². The maximum absolute atomic E-state index is 12.8. The third-order valence-corrected chi connectivity index (χ3v) is 4.75. The molecule has 1 amide bonds. The Morgan fingerprint density at radius 2 is 1.20 bits per heavy atom. The largest absolute Gasteiger partial charge is 0.304 e. The molecule has 0 spiro atoms. The van der Waals surface area contributed by atoms with Gasteiger partial charge in [0.25, 0.3) is 5.78 Å². The van der Waals surface area contributed by atoms with Gasteiger partial charge in [-0.2, -0.15) is 0 Å². The van der Waals surface area contributed by atoms with Gasteiger partial charge in [-0.25, -0.2) is 0 Å². The second-order valence-corrected chi connectivity index (χ2v) is 6.15. The number of para-hydroxylation sites is 1. The first-order valence-electron chi connectivity index (χ1n) is 8.14. The number of benzene rings is 4. The number of fused-ring (bicyclic) bond motifs is 3. The Morgan fingerprint density at radius 1 is 0.640 bits per heavy atom. The van der Waals surface area contributed by atoms with Crippen molar-refractivity contribution < 1.29 is 9.59 Å². The summed E-state index contributed by atoms with van der Waals surface area (Å²) in [5, 5.41) is 4.00. The van der Waals surface area contributed by atoms with Crippen molar-refractivity contribution in [3.05, 3.63) is 84.4 Å². The highest BCUT2D eigenvalue weighted by molar-refractivity contribution is 6.54. The van der Waals surface area contributed by atoms with Crippen LogP contribution in [0.3, 0.4) is 0 Å². The summed E-state index contributed by atoms with van der Waals surface area (Å²) in [6, 6.07) is 25.2. The van der Waals surface area contributed by atoms with Crippen LogP contribution in [0.1, 0.15) is 10.4 Å². The zero-order valence-electron chi connectivity index (χ0n) is 13.3. The number of rotatable bonds is 1. The molecule has 4 aromatic rings. The van der Waals surface area contributed by atoms with E-state index in [0.717, 1.165) is 27.2 Å². The van der Waals surface area contributed by atoms with Crippen molar-refractivity contribution in [1.82, 2.24) is 0 Å². The Labute approximate surface area is 144 Å². The van der Waals surface area contributed by atoms with Crippen molar-refractivity contribution >= 4 is 44.6 Å². The molecular formula is C22H13NO2. The Bertz CT molecular complexity index is 1140. The van der Waals surface area contributed by atoms with Gasteiger partial charge in [-0.3, -0.25) is 14.5 Å². The summed E-state index contributed by atoms with van der Waals surface area (Å²) in [7, 11) is 0. The molecule has 1 aliphatic heterocycles. The fourth-order valence-corrected chi connectivity index (χ4v) is 3.64. The van der Waals surface area contributed by atoms with E-state index in [4.69, 9.17) is 0 Å². The van der Waals surface area contributed by atoms with Gasteiger partial charge in [0, 0.05) is 10.8 Å². The minimum absolute atomic E-state index is 0.451. The van der Waals surface area contributed by atoms with E-state index < -0.39 is 11.7 Å². The highest BCUT2D eigenvalue weighted by Gasteiger charge is 2.37. The summed E-state index contributed by atoms with van der Waals surface area (Å²) in [6.45, 7) is 0. The van der Waals surface area contributed by atoms with E-state index in [1.807, 2.05) is 60.7 Å². The number of amides is 1. The van der Waals surface area contributed by atoms with Gasteiger partial charge < -0.3 is 0 Å². The predicted octanol–water partition coefficient (Wildman–Crippen LogP) is 4.85. The smallest absolute Gasteiger partial charge is 0.283 e. The van der Waals surface area contributed by atoms with E-state index in [2.05, 4.69) is 6.07 Å². The molecule has 118 valence electrons. The van der Waals surface area contributed by atoms with E-state index in [1.165, 1.54) is 0 Å². The molecule has 0 saturated heterocycles. The molecular weight excluding hydrogens is 310 g/mol. The van der Waals surface area contributed by atoms with Gasteiger partial charge in [0.2, 0.25) is 0 Å². The van der Waals surface area contributed by atoms with Crippen LogP contribution >= 0.6 is 0 Å². The molecule has 0 atom stereocenters. The lowest BCUT2D eigenvalue weighted by Crippen LogP contribution is -2.25. The monoisotopic (exact) mass is 323 g/mol. The zero-order chi connectivity index (χ0) is 17.0. The van der Waals surface area contributed by atoms with Gasteiger partial charge in [0.15, 0.2) is 0 Å². The lowest BCUT2D eigenvalue weighted by atomic mass is 10.00. The second kappa shape index (κ2) is 5.02. The van der Waals surface area contributed by atoms with Crippen LogP contribution in [-0.2, 0) is 4.79 Å². The Balaban J connectivity index is 1.95. The van der Waals surface area contributed by atoms with Crippen molar-refractivity contribution in [3.63, 3.8) is 0 Å². The molecule has 0 bridgehead atoms. The normalized spacial score (nSPS) is 13.7. The lowest BCUT2D eigenvalue weighted by molar-refractivity contribution is -0.113. The van der Waals surface area contributed by atoms with E-state index in [9.17, 15) is 9.59 Å².